The van der Waals surface area contributed by atoms with Crippen LogP contribution < -0.4 is 0 Å². The fourth-order valence-corrected chi connectivity index (χ4v) is 6.65. The van der Waals surface area contributed by atoms with Gasteiger partial charge in [-0.1, -0.05) is 91.0 Å². The van der Waals surface area contributed by atoms with Crippen LogP contribution in [0.15, 0.2) is 144 Å². The molecular formula is C38H23NO. The lowest BCUT2D eigenvalue weighted by atomic mass is 9.90. The molecule has 0 saturated carbocycles. The first kappa shape index (κ1) is 21.6. The molecule has 0 spiro atoms. The molecule has 0 amide bonds. The molecule has 2 heteroatoms. The molecule has 0 unspecified atom stereocenters. The van der Waals surface area contributed by atoms with E-state index < -0.39 is 0 Å². The zero-order chi connectivity index (χ0) is 26.2. The molecule has 40 heavy (non-hydrogen) atoms. The first-order valence-electron chi connectivity index (χ1n) is 13.7. The van der Waals surface area contributed by atoms with E-state index in [9.17, 15) is 0 Å². The maximum absolute atomic E-state index is 6.30. The van der Waals surface area contributed by atoms with Crippen molar-refractivity contribution in [1.29, 1.82) is 0 Å². The number of hydrogen-bond donors (Lipinski definition) is 0. The Morgan fingerprint density at radius 2 is 1.10 bits per heavy atom. The van der Waals surface area contributed by atoms with Gasteiger partial charge in [0.15, 0.2) is 0 Å². The van der Waals surface area contributed by atoms with E-state index in [0.717, 1.165) is 21.9 Å². The molecule has 9 rings (SSSR count). The number of furan rings is 1. The summed E-state index contributed by atoms with van der Waals surface area (Å²) in [5.74, 6) is 0. The summed E-state index contributed by atoms with van der Waals surface area (Å²) in [6.45, 7) is 0. The van der Waals surface area contributed by atoms with Crippen LogP contribution in [-0.4, -0.2) is 4.57 Å². The molecule has 186 valence electrons. The number of para-hydroxylation sites is 3. The van der Waals surface area contributed by atoms with Gasteiger partial charge in [0, 0.05) is 27.2 Å². The van der Waals surface area contributed by atoms with Crippen LogP contribution in [-0.2, 0) is 0 Å². The van der Waals surface area contributed by atoms with Gasteiger partial charge in [-0.3, -0.25) is 0 Å². The number of nitrogens with zero attached hydrogens (tertiary/aromatic N) is 1. The number of hydrogen-bond acceptors (Lipinski definition) is 1. The van der Waals surface area contributed by atoms with E-state index in [1.165, 1.54) is 60.2 Å². The van der Waals surface area contributed by atoms with Crippen molar-refractivity contribution in [2.45, 2.75) is 0 Å². The Morgan fingerprint density at radius 3 is 1.98 bits per heavy atom. The molecule has 0 radical (unpaired) electrons. The van der Waals surface area contributed by atoms with Gasteiger partial charge in [0.25, 0.3) is 0 Å². The lowest BCUT2D eigenvalue weighted by molar-refractivity contribution is 0.669. The molecule has 0 aliphatic heterocycles. The van der Waals surface area contributed by atoms with E-state index in [-0.39, 0.29) is 0 Å². The number of benzene rings is 7. The van der Waals surface area contributed by atoms with E-state index in [2.05, 4.69) is 132 Å². The maximum atomic E-state index is 6.30. The van der Waals surface area contributed by atoms with Crippen LogP contribution in [0.5, 0.6) is 0 Å². The van der Waals surface area contributed by atoms with Gasteiger partial charge in [0.1, 0.15) is 11.2 Å². The lowest BCUT2D eigenvalue weighted by Gasteiger charge is -2.13. The smallest absolute Gasteiger partial charge is 0.136 e. The third-order valence-corrected chi connectivity index (χ3v) is 8.36. The van der Waals surface area contributed by atoms with Crippen molar-refractivity contribution in [2.75, 3.05) is 0 Å². The highest BCUT2D eigenvalue weighted by atomic mass is 16.3. The molecule has 0 bridgehead atoms. The molecule has 7 aromatic carbocycles. The highest BCUT2D eigenvalue weighted by Crippen LogP contribution is 2.43. The van der Waals surface area contributed by atoms with Crippen LogP contribution in [0.2, 0.25) is 0 Å². The summed E-state index contributed by atoms with van der Waals surface area (Å²) in [5, 5.41) is 9.80. The summed E-state index contributed by atoms with van der Waals surface area (Å²) >= 11 is 0. The van der Waals surface area contributed by atoms with Gasteiger partial charge in [-0.25, -0.2) is 0 Å². The second-order valence-corrected chi connectivity index (χ2v) is 10.5. The number of fused-ring (bicyclic) bond motifs is 9. The second kappa shape index (κ2) is 8.08. The number of rotatable bonds is 2. The van der Waals surface area contributed by atoms with Gasteiger partial charge in [-0.2, -0.15) is 0 Å². The Bertz CT molecular complexity index is 2420. The zero-order valence-corrected chi connectivity index (χ0v) is 21.6. The molecule has 0 N–H and O–H groups in total. The Hall–Kier alpha value is -5.34. The summed E-state index contributed by atoms with van der Waals surface area (Å²) in [5.41, 5.74) is 7.92. The topological polar surface area (TPSA) is 18.1 Å². The summed E-state index contributed by atoms with van der Waals surface area (Å²) < 4.78 is 8.68. The zero-order valence-electron chi connectivity index (χ0n) is 21.6. The average molecular weight is 510 g/mol. The molecule has 2 heterocycles. The van der Waals surface area contributed by atoms with E-state index in [1.807, 2.05) is 12.1 Å². The summed E-state index contributed by atoms with van der Waals surface area (Å²) in [7, 11) is 0. The van der Waals surface area contributed by atoms with Crippen LogP contribution >= 0.6 is 0 Å². The quantitative estimate of drug-likeness (QED) is 0.212. The summed E-state index contributed by atoms with van der Waals surface area (Å²) in [4.78, 5) is 0. The maximum Gasteiger partial charge on any atom is 0.136 e. The predicted molar refractivity (Wildman–Crippen MR) is 169 cm³/mol. The largest absolute Gasteiger partial charge is 0.456 e. The lowest BCUT2D eigenvalue weighted by Crippen LogP contribution is -1.93. The van der Waals surface area contributed by atoms with Crippen LogP contribution in [0.3, 0.4) is 0 Å². The molecule has 0 aliphatic carbocycles. The van der Waals surface area contributed by atoms with Gasteiger partial charge < -0.3 is 8.98 Å². The van der Waals surface area contributed by atoms with Crippen molar-refractivity contribution < 1.29 is 4.42 Å². The molecule has 2 aromatic heterocycles. The predicted octanol–water partition coefficient (Wildman–Crippen LogP) is 10.7. The van der Waals surface area contributed by atoms with Crippen molar-refractivity contribution in [3.05, 3.63) is 140 Å². The highest BCUT2D eigenvalue weighted by molar-refractivity contribution is 6.23. The fourth-order valence-electron chi connectivity index (χ4n) is 6.65. The second-order valence-electron chi connectivity index (χ2n) is 10.5. The molecule has 2 nitrogen and oxygen atoms in total. The van der Waals surface area contributed by atoms with Crippen molar-refractivity contribution in [2.24, 2.45) is 0 Å². The van der Waals surface area contributed by atoms with Gasteiger partial charge >= 0.3 is 0 Å². The van der Waals surface area contributed by atoms with Gasteiger partial charge in [0.2, 0.25) is 0 Å². The third kappa shape index (κ3) is 2.93. The normalized spacial score (nSPS) is 12.0. The molecular weight excluding hydrogens is 486 g/mol. The fraction of sp³-hybridized carbons (Fsp3) is 0. The van der Waals surface area contributed by atoms with Crippen molar-refractivity contribution in [3.8, 4) is 16.8 Å². The summed E-state index contributed by atoms with van der Waals surface area (Å²) in [6.07, 6.45) is 0. The molecule has 0 aliphatic rings. The standard InChI is InChI=1S/C38H23NO/c1-2-11-25(12-3-1)39-34-18-8-6-16-30(34)38-29(17-10-19-35(38)39)32-21-24-22-37-33(28-15-7-9-20-36(28)40-37)23-31(24)26-13-4-5-14-27(26)32/h1-23H. The van der Waals surface area contributed by atoms with E-state index in [1.54, 1.807) is 0 Å². The van der Waals surface area contributed by atoms with Crippen LogP contribution in [0.25, 0.3) is 82.1 Å². The first-order chi connectivity index (χ1) is 19.8. The average Bonchev–Trinajstić information content (AvgIpc) is 3.55. The van der Waals surface area contributed by atoms with Crippen LogP contribution in [0.4, 0.5) is 0 Å². The van der Waals surface area contributed by atoms with Gasteiger partial charge in [-0.15, -0.1) is 0 Å². The van der Waals surface area contributed by atoms with E-state index in [0.29, 0.717) is 0 Å². The Kier molecular flexibility index (Phi) is 4.36. The van der Waals surface area contributed by atoms with Crippen LogP contribution in [0, 0.1) is 0 Å². The minimum atomic E-state index is 0.925. The molecule has 0 atom stereocenters. The van der Waals surface area contributed by atoms with Crippen molar-refractivity contribution >= 4 is 65.3 Å². The minimum Gasteiger partial charge on any atom is -0.456 e. The van der Waals surface area contributed by atoms with Crippen LogP contribution in [0.1, 0.15) is 0 Å². The third-order valence-electron chi connectivity index (χ3n) is 8.36. The Morgan fingerprint density at radius 1 is 0.400 bits per heavy atom. The van der Waals surface area contributed by atoms with Gasteiger partial charge in [-0.05, 0) is 81.2 Å². The number of aromatic nitrogens is 1. The molecule has 0 saturated heterocycles. The van der Waals surface area contributed by atoms with E-state index >= 15 is 0 Å². The van der Waals surface area contributed by atoms with Crippen molar-refractivity contribution in [3.63, 3.8) is 0 Å². The minimum absolute atomic E-state index is 0.925. The Labute approximate surface area is 230 Å². The van der Waals surface area contributed by atoms with Crippen molar-refractivity contribution in [1.82, 2.24) is 4.57 Å². The monoisotopic (exact) mass is 509 g/mol. The highest BCUT2D eigenvalue weighted by Gasteiger charge is 2.18. The van der Waals surface area contributed by atoms with E-state index in [4.69, 9.17) is 4.42 Å². The summed E-state index contributed by atoms with van der Waals surface area (Å²) in [6, 6.07) is 50.1. The molecule has 9 aromatic rings. The SMILES string of the molecule is c1ccc(-n2c3ccccc3c3c(-c4cc5cc6oc7ccccc7c6cc5c5ccccc45)cccc32)cc1. The first-order valence-corrected chi connectivity index (χ1v) is 13.7. The Balaban J connectivity index is 1.42. The van der Waals surface area contributed by atoms with Gasteiger partial charge in [0.05, 0.1) is 11.0 Å². The molecule has 0 fully saturated rings.